The second kappa shape index (κ2) is 5.62. The van der Waals surface area contributed by atoms with Crippen LogP contribution in [0.5, 0.6) is 0 Å². The summed E-state index contributed by atoms with van der Waals surface area (Å²) in [6, 6.07) is 0.0780. The lowest BCUT2D eigenvalue weighted by Gasteiger charge is -2.31. The number of ether oxygens (including phenoxy) is 1. The van der Waals surface area contributed by atoms with Crippen molar-refractivity contribution in [2.75, 3.05) is 20.1 Å². The van der Waals surface area contributed by atoms with Crippen LogP contribution in [0.15, 0.2) is 0 Å². The molecule has 1 aliphatic heterocycles. The van der Waals surface area contributed by atoms with Crippen LogP contribution in [0.4, 0.5) is 4.79 Å². The van der Waals surface area contributed by atoms with Crippen molar-refractivity contribution in [3.05, 3.63) is 0 Å². The summed E-state index contributed by atoms with van der Waals surface area (Å²) in [6.07, 6.45) is 0.508. The summed E-state index contributed by atoms with van der Waals surface area (Å²) in [4.78, 5) is 27.7. The van der Waals surface area contributed by atoms with Gasteiger partial charge in [0.1, 0.15) is 5.60 Å². The quantitative estimate of drug-likeness (QED) is 0.743. The summed E-state index contributed by atoms with van der Waals surface area (Å²) in [6.45, 7) is 12.5. The molecule has 1 atom stereocenters. The summed E-state index contributed by atoms with van der Waals surface area (Å²) in [5, 5.41) is 0. The molecule has 5 nitrogen and oxygen atoms in total. The molecule has 1 aliphatic rings. The van der Waals surface area contributed by atoms with Gasteiger partial charge in [0.25, 0.3) is 0 Å². The van der Waals surface area contributed by atoms with Crippen LogP contribution >= 0.6 is 0 Å². The monoisotopic (exact) mass is 284 g/mol. The number of carbonyl (C=O) groups excluding carboxylic acids is 2. The molecule has 0 spiro atoms. The maximum absolute atomic E-state index is 12.2. The second-order valence-electron chi connectivity index (χ2n) is 7.53. The molecule has 0 saturated carbocycles. The minimum absolute atomic E-state index is 0.0780. The number of likely N-dealkylation sites (tertiary alicyclic amines) is 1. The van der Waals surface area contributed by atoms with Crippen molar-refractivity contribution in [3.63, 3.8) is 0 Å². The molecule has 0 aromatic rings. The number of nitrogens with zero attached hydrogens (tertiary/aromatic N) is 2. The number of amides is 2. The Hall–Kier alpha value is -1.26. The van der Waals surface area contributed by atoms with E-state index in [0.29, 0.717) is 13.1 Å². The molecule has 20 heavy (non-hydrogen) atoms. The Morgan fingerprint density at radius 2 is 1.70 bits per heavy atom. The molecule has 116 valence electrons. The first-order chi connectivity index (χ1) is 8.92. The number of hydrogen-bond donors (Lipinski definition) is 0. The first-order valence-electron chi connectivity index (χ1n) is 7.17. The summed E-state index contributed by atoms with van der Waals surface area (Å²) in [5.41, 5.74) is -0.879. The molecule has 1 rings (SSSR count). The van der Waals surface area contributed by atoms with Crippen molar-refractivity contribution in [1.82, 2.24) is 9.80 Å². The van der Waals surface area contributed by atoms with Gasteiger partial charge in [-0.05, 0) is 27.2 Å². The Kier molecular flexibility index (Phi) is 4.72. The molecular formula is C15H28N2O3. The maximum Gasteiger partial charge on any atom is 0.410 e. The average Bonchev–Trinajstić information content (AvgIpc) is 2.72. The van der Waals surface area contributed by atoms with Crippen molar-refractivity contribution in [2.24, 2.45) is 5.41 Å². The van der Waals surface area contributed by atoms with Crippen LogP contribution in [-0.2, 0) is 9.53 Å². The summed E-state index contributed by atoms with van der Waals surface area (Å²) in [5.74, 6) is 0.105. The third-order valence-electron chi connectivity index (χ3n) is 3.32. The highest BCUT2D eigenvalue weighted by Crippen LogP contribution is 2.23. The van der Waals surface area contributed by atoms with Gasteiger partial charge < -0.3 is 14.5 Å². The SMILES string of the molecule is CN(C(=O)C(C)(C)C)C1CCN(C(=O)OC(C)(C)C)C1. The second-order valence-corrected chi connectivity index (χ2v) is 7.53. The normalized spacial score (nSPS) is 19.9. The molecule has 0 aromatic carbocycles. The lowest BCUT2D eigenvalue weighted by atomic mass is 9.94. The molecule has 0 aromatic heterocycles. The third kappa shape index (κ3) is 4.39. The van der Waals surface area contributed by atoms with Crippen LogP contribution in [-0.4, -0.2) is 53.6 Å². The van der Waals surface area contributed by atoms with Gasteiger partial charge >= 0.3 is 6.09 Å². The van der Waals surface area contributed by atoms with Gasteiger partial charge in [-0.25, -0.2) is 4.79 Å². The predicted molar refractivity (Wildman–Crippen MR) is 78.4 cm³/mol. The van der Waals surface area contributed by atoms with Crippen LogP contribution in [0.25, 0.3) is 0 Å². The zero-order valence-corrected chi connectivity index (χ0v) is 13.8. The molecule has 1 saturated heterocycles. The van der Waals surface area contributed by atoms with Crippen LogP contribution in [0.3, 0.4) is 0 Å². The largest absolute Gasteiger partial charge is 0.444 e. The van der Waals surface area contributed by atoms with E-state index in [9.17, 15) is 9.59 Å². The molecule has 0 bridgehead atoms. The average molecular weight is 284 g/mol. The van der Waals surface area contributed by atoms with E-state index in [4.69, 9.17) is 4.74 Å². The van der Waals surface area contributed by atoms with E-state index in [1.54, 1.807) is 9.80 Å². The molecule has 0 radical (unpaired) electrons. The number of carbonyl (C=O) groups is 2. The van der Waals surface area contributed by atoms with Crippen LogP contribution in [0.2, 0.25) is 0 Å². The van der Waals surface area contributed by atoms with Crippen LogP contribution in [0.1, 0.15) is 48.0 Å². The van der Waals surface area contributed by atoms with Crippen molar-refractivity contribution < 1.29 is 14.3 Å². The number of likely N-dealkylation sites (N-methyl/N-ethyl adjacent to an activating group) is 1. The molecule has 1 heterocycles. The van der Waals surface area contributed by atoms with Crippen molar-refractivity contribution in [3.8, 4) is 0 Å². The highest BCUT2D eigenvalue weighted by atomic mass is 16.6. The lowest BCUT2D eigenvalue weighted by Crippen LogP contribution is -2.45. The Morgan fingerprint density at radius 3 is 2.15 bits per heavy atom. The van der Waals surface area contributed by atoms with Crippen LogP contribution in [0, 0.1) is 5.41 Å². The van der Waals surface area contributed by atoms with E-state index < -0.39 is 11.0 Å². The third-order valence-corrected chi connectivity index (χ3v) is 3.32. The summed E-state index contributed by atoms with van der Waals surface area (Å²) >= 11 is 0. The highest BCUT2D eigenvalue weighted by molar-refractivity contribution is 5.81. The topological polar surface area (TPSA) is 49.9 Å². The number of rotatable bonds is 1. The van der Waals surface area contributed by atoms with E-state index in [-0.39, 0.29) is 18.0 Å². The van der Waals surface area contributed by atoms with Gasteiger partial charge in [0.2, 0.25) is 5.91 Å². The first kappa shape index (κ1) is 16.8. The predicted octanol–water partition coefficient (Wildman–Crippen LogP) is 2.50. The van der Waals surface area contributed by atoms with E-state index in [0.717, 1.165) is 6.42 Å². The minimum atomic E-state index is -0.484. The zero-order chi connectivity index (χ0) is 15.7. The van der Waals surface area contributed by atoms with Crippen molar-refractivity contribution in [2.45, 2.75) is 59.6 Å². The van der Waals surface area contributed by atoms with E-state index >= 15 is 0 Å². The Labute approximate surface area is 122 Å². The summed E-state index contributed by atoms with van der Waals surface area (Å²) in [7, 11) is 1.82. The van der Waals surface area contributed by atoms with Crippen molar-refractivity contribution >= 4 is 12.0 Å². The minimum Gasteiger partial charge on any atom is -0.444 e. The van der Waals surface area contributed by atoms with Crippen molar-refractivity contribution in [1.29, 1.82) is 0 Å². The maximum atomic E-state index is 12.2. The molecule has 1 fully saturated rings. The Bertz CT molecular complexity index is 380. The molecule has 5 heteroatoms. The van der Waals surface area contributed by atoms with E-state index in [2.05, 4.69) is 0 Å². The molecular weight excluding hydrogens is 256 g/mol. The molecule has 0 N–H and O–H groups in total. The van der Waals surface area contributed by atoms with Gasteiger partial charge in [-0.15, -0.1) is 0 Å². The van der Waals surface area contributed by atoms with Gasteiger partial charge in [0.15, 0.2) is 0 Å². The number of hydrogen-bond acceptors (Lipinski definition) is 3. The van der Waals surface area contributed by atoms with E-state index in [1.807, 2.05) is 48.6 Å². The van der Waals surface area contributed by atoms with Gasteiger partial charge in [-0.1, -0.05) is 20.8 Å². The zero-order valence-electron chi connectivity index (χ0n) is 13.8. The molecule has 2 amide bonds. The lowest BCUT2D eigenvalue weighted by molar-refractivity contribution is -0.140. The Balaban J connectivity index is 2.60. The first-order valence-corrected chi connectivity index (χ1v) is 7.17. The highest BCUT2D eigenvalue weighted by Gasteiger charge is 2.36. The standard InChI is InChI=1S/C15H28N2O3/c1-14(2,3)12(18)16(7)11-8-9-17(10-11)13(19)20-15(4,5)6/h11H,8-10H2,1-7H3. The fraction of sp³-hybridized carbons (Fsp3) is 0.867. The molecule has 1 unspecified atom stereocenters. The fourth-order valence-corrected chi connectivity index (χ4v) is 2.25. The van der Waals surface area contributed by atoms with Gasteiger partial charge in [0, 0.05) is 25.6 Å². The smallest absolute Gasteiger partial charge is 0.410 e. The molecule has 0 aliphatic carbocycles. The fourth-order valence-electron chi connectivity index (χ4n) is 2.25. The Morgan fingerprint density at radius 1 is 1.15 bits per heavy atom. The van der Waals surface area contributed by atoms with E-state index in [1.165, 1.54) is 0 Å². The van der Waals surface area contributed by atoms with Gasteiger partial charge in [0.05, 0.1) is 6.04 Å². The van der Waals surface area contributed by atoms with Crippen LogP contribution < -0.4 is 0 Å². The van der Waals surface area contributed by atoms with Gasteiger partial charge in [-0.3, -0.25) is 4.79 Å². The van der Waals surface area contributed by atoms with Gasteiger partial charge in [-0.2, -0.15) is 0 Å². The summed E-state index contributed by atoms with van der Waals surface area (Å²) < 4.78 is 5.36.